The summed E-state index contributed by atoms with van der Waals surface area (Å²) in [6.07, 6.45) is 1.12. The highest BCUT2D eigenvalue weighted by atomic mass is 32.2. The number of benzene rings is 3. The van der Waals surface area contributed by atoms with Gasteiger partial charge in [0.05, 0.1) is 18.4 Å². The third-order valence-electron chi connectivity index (χ3n) is 5.68. The van der Waals surface area contributed by atoms with Gasteiger partial charge < -0.3 is 9.72 Å². The molecule has 0 bridgehead atoms. The van der Waals surface area contributed by atoms with Gasteiger partial charge in [-0.2, -0.15) is 0 Å². The van der Waals surface area contributed by atoms with Crippen LogP contribution in [-0.4, -0.2) is 26.5 Å². The number of fused-ring (bicyclic) bond motifs is 1. The van der Waals surface area contributed by atoms with Gasteiger partial charge in [-0.3, -0.25) is 9.52 Å². The average molecular weight is 481 g/mol. The summed E-state index contributed by atoms with van der Waals surface area (Å²) in [5.41, 5.74) is 4.87. The first-order valence-electron chi connectivity index (χ1n) is 10.8. The Morgan fingerprint density at radius 2 is 1.74 bits per heavy atom. The molecule has 0 unspecified atom stereocenters. The molecule has 176 valence electrons. The Morgan fingerprint density at radius 1 is 1.03 bits per heavy atom. The van der Waals surface area contributed by atoms with Gasteiger partial charge in [-0.05, 0) is 73.4 Å². The molecule has 34 heavy (non-hydrogen) atoms. The number of hydrogen-bond acceptors (Lipinski definition) is 4. The average Bonchev–Trinajstić information content (AvgIpc) is 3.15. The van der Waals surface area contributed by atoms with E-state index in [1.165, 1.54) is 19.2 Å². The number of esters is 1. The van der Waals surface area contributed by atoms with Crippen LogP contribution in [0.25, 0.3) is 10.9 Å². The van der Waals surface area contributed by atoms with Crippen LogP contribution in [0.2, 0.25) is 0 Å². The van der Waals surface area contributed by atoms with Gasteiger partial charge in [0.2, 0.25) is 0 Å². The first-order valence-corrected chi connectivity index (χ1v) is 12.3. The molecule has 0 spiro atoms. The van der Waals surface area contributed by atoms with Crippen molar-refractivity contribution in [1.82, 2.24) is 4.98 Å². The van der Waals surface area contributed by atoms with Gasteiger partial charge in [0, 0.05) is 22.3 Å². The van der Waals surface area contributed by atoms with Gasteiger partial charge in [-0.1, -0.05) is 29.8 Å². The number of ether oxygens (including phenoxy) is 1. The highest BCUT2D eigenvalue weighted by Crippen LogP contribution is 2.30. The van der Waals surface area contributed by atoms with Crippen LogP contribution >= 0.6 is 0 Å². The normalized spacial score (nSPS) is 11.5. The lowest BCUT2D eigenvalue weighted by atomic mass is 9.99. The monoisotopic (exact) mass is 480 g/mol. The minimum absolute atomic E-state index is 0.178. The van der Waals surface area contributed by atoms with Crippen molar-refractivity contribution in [3.8, 4) is 0 Å². The van der Waals surface area contributed by atoms with Crippen molar-refractivity contribution in [2.24, 2.45) is 0 Å². The minimum Gasteiger partial charge on any atom is -0.469 e. The number of aryl methyl sites for hydroxylation is 2. The summed E-state index contributed by atoms with van der Waals surface area (Å²) in [6, 6.07) is 18.1. The van der Waals surface area contributed by atoms with Crippen LogP contribution in [-0.2, 0) is 32.4 Å². The van der Waals surface area contributed by atoms with Gasteiger partial charge in [0.25, 0.3) is 10.0 Å². The fourth-order valence-corrected chi connectivity index (χ4v) is 4.90. The van der Waals surface area contributed by atoms with Crippen LogP contribution in [0, 0.1) is 12.7 Å². The third-order valence-corrected chi connectivity index (χ3v) is 7.08. The van der Waals surface area contributed by atoms with E-state index in [1.54, 1.807) is 54.6 Å². The number of rotatable bonds is 8. The van der Waals surface area contributed by atoms with Crippen molar-refractivity contribution in [2.75, 3.05) is 11.8 Å². The summed E-state index contributed by atoms with van der Waals surface area (Å²) in [4.78, 5) is 15.2. The Morgan fingerprint density at radius 3 is 2.41 bits per heavy atom. The zero-order valence-corrected chi connectivity index (χ0v) is 19.7. The molecule has 0 saturated heterocycles. The van der Waals surface area contributed by atoms with Crippen molar-refractivity contribution >= 4 is 32.6 Å². The number of carbonyl (C=O) groups excluding carboxylic acids is 1. The molecule has 0 amide bonds. The summed E-state index contributed by atoms with van der Waals surface area (Å²) >= 11 is 0. The number of hydrogen-bond donors (Lipinski definition) is 2. The van der Waals surface area contributed by atoms with Crippen LogP contribution in [0.1, 0.15) is 28.8 Å². The highest BCUT2D eigenvalue weighted by Gasteiger charge is 2.17. The van der Waals surface area contributed by atoms with Gasteiger partial charge in [-0.25, -0.2) is 12.8 Å². The Labute approximate surface area is 197 Å². The van der Waals surface area contributed by atoms with Crippen molar-refractivity contribution < 1.29 is 22.3 Å². The summed E-state index contributed by atoms with van der Waals surface area (Å²) in [7, 11) is -2.41. The van der Waals surface area contributed by atoms with E-state index in [4.69, 9.17) is 4.74 Å². The lowest BCUT2D eigenvalue weighted by Gasteiger charge is -2.09. The molecule has 0 saturated carbocycles. The number of nitrogens with one attached hydrogen (secondary N) is 2. The Kier molecular flexibility index (Phi) is 6.70. The highest BCUT2D eigenvalue weighted by molar-refractivity contribution is 7.92. The molecule has 0 aliphatic heterocycles. The molecule has 2 N–H and O–H groups in total. The van der Waals surface area contributed by atoms with Gasteiger partial charge in [0.15, 0.2) is 0 Å². The molecule has 6 nitrogen and oxygen atoms in total. The summed E-state index contributed by atoms with van der Waals surface area (Å²) < 4.78 is 46.5. The zero-order chi connectivity index (χ0) is 24.3. The minimum atomic E-state index is -3.76. The number of carbonyl (C=O) groups is 1. The first kappa shape index (κ1) is 23.5. The smallest absolute Gasteiger partial charge is 0.305 e. The maximum absolute atomic E-state index is 13.4. The molecule has 1 aromatic heterocycles. The van der Waals surface area contributed by atoms with Crippen LogP contribution in [0.4, 0.5) is 10.1 Å². The maximum atomic E-state index is 13.4. The zero-order valence-electron chi connectivity index (χ0n) is 18.9. The van der Waals surface area contributed by atoms with Crippen LogP contribution in [0.3, 0.4) is 0 Å². The number of methoxy groups -OCH3 is 1. The van der Waals surface area contributed by atoms with E-state index in [0.717, 1.165) is 33.3 Å². The molecule has 1 heterocycles. The van der Waals surface area contributed by atoms with Crippen molar-refractivity contribution in [1.29, 1.82) is 0 Å². The van der Waals surface area contributed by atoms with Crippen LogP contribution in [0.5, 0.6) is 0 Å². The van der Waals surface area contributed by atoms with Crippen LogP contribution < -0.4 is 4.72 Å². The van der Waals surface area contributed by atoms with Gasteiger partial charge in [0.1, 0.15) is 5.82 Å². The molecule has 4 aromatic rings. The second-order valence-electron chi connectivity index (χ2n) is 8.14. The van der Waals surface area contributed by atoms with Crippen molar-refractivity contribution in [3.63, 3.8) is 0 Å². The second kappa shape index (κ2) is 9.69. The van der Waals surface area contributed by atoms with E-state index in [1.807, 2.05) is 6.92 Å². The first-order chi connectivity index (χ1) is 16.2. The van der Waals surface area contributed by atoms with E-state index >= 15 is 0 Å². The Bertz CT molecular complexity index is 1430. The van der Waals surface area contributed by atoms with E-state index in [-0.39, 0.29) is 23.1 Å². The Hall–Kier alpha value is -3.65. The topological polar surface area (TPSA) is 88.3 Å². The number of aromatic amines is 1. The summed E-state index contributed by atoms with van der Waals surface area (Å²) in [5.74, 6) is -0.640. The molecule has 0 atom stereocenters. The fraction of sp³-hybridized carbons (Fsp3) is 0.192. The molecule has 4 rings (SSSR count). The van der Waals surface area contributed by atoms with Crippen molar-refractivity contribution in [3.05, 3.63) is 94.9 Å². The van der Waals surface area contributed by atoms with E-state index in [2.05, 4.69) is 9.71 Å². The summed E-state index contributed by atoms with van der Waals surface area (Å²) in [6.45, 7) is 1.89. The Balaban J connectivity index is 1.71. The SMILES string of the molecule is COC(=O)CCc1[nH]c2ccc(NS(=O)(=O)c3ccc(C)cc3)cc2c1Cc1ccc(F)cc1. The molecule has 0 aliphatic carbocycles. The predicted molar refractivity (Wildman–Crippen MR) is 130 cm³/mol. The summed E-state index contributed by atoms with van der Waals surface area (Å²) in [5, 5.41) is 0.827. The van der Waals surface area contributed by atoms with Crippen molar-refractivity contribution in [2.45, 2.75) is 31.1 Å². The lowest BCUT2D eigenvalue weighted by molar-refractivity contribution is -0.140. The number of H-pyrrole nitrogens is 1. The van der Waals surface area contributed by atoms with Crippen LogP contribution in [0.15, 0.2) is 71.6 Å². The molecular weight excluding hydrogens is 455 g/mol. The maximum Gasteiger partial charge on any atom is 0.305 e. The third kappa shape index (κ3) is 5.28. The molecule has 0 aliphatic rings. The van der Waals surface area contributed by atoms with E-state index < -0.39 is 10.0 Å². The standard InChI is InChI=1S/C26H25FN2O4S/c1-17-3-10-21(11-4-17)34(31,32)29-20-9-12-24-23(16-20)22(15-18-5-7-19(27)8-6-18)25(28-24)13-14-26(30)33-2/h3-12,16,28-29H,13-15H2,1-2H3. The largest absolute Gasteiger partial charge is 0.469 e. The number of anilines is 1. The lowest BCUT2D eigenvalue weighted by Crippen LogP contribution is -2.12. The quantitative estimate of drug-likeness (QED) is 0.343. The number of halogens is 1. The molecular formula is C26H25FN2O4S. The predicted octanol–water partition coefficient (Wildman–Crippen LogP) is 5.11. The molecule has 3 aromatic carbocycles. The van der Waals surface area contributed by atoms with Gasteiger partial charge in [-0.15, -0.1) is 0 Å². The van der Waals surface area contributed by atoms with E-state index in [9.17, 15) is 17.6 Å². The number of sulfonamides is 1. The van der Waals surface area contributed by atoms with E-state index in [0.29, 0.717) is 18.5 Å². The molecule has 8 heteroatoms. The number of aromatic nitrogens is 1. The molecule has 0 fully saturated rings. The molecule has 0 radical (unpaired) electrons. The fourth-order valence-electron chi connectivity index (χ4n) is 3.85. The van der Waals surface area contributed by atoms with Gasteiger partial charge >= 0.3 is 5.97 Å². The second-order valence-corrected chi connectivity index (χ2v) is 9.82.